The smallest absolute Gasteiger partial charge is 0.140 e. The highest BCUT2D eigenvalue weighted by Crippen LogP contribution is 2.27. The molecule has 4 heteroatoms. The lowest BCUT2D eigenvalue weighted by atomic mass is 10.1. The normalized spacial score (nSPS) is 8.79. The summed E-state index contributed by atoms with van der Waals surface area (Å²) in [6.07, 6.45) is 0.0739. The van der Waals surface area contributed by atoms with Gasteiger partial charge >= 0.3 is 0 Å². The molecule has 14 heavy (non-hydrogen) atoms. The summed E-state index contributed by atoms with van der Waals surface area (Å²) in [6, 6.07) is 6.62. The Morgan fingerprint density at radius 2 is 2.14 bits per heavy atom. The molecule has 0 bridgehead atoms. The van der Waals surface area contributed by atoms with Crippen molar-refractivity contribution in [2.45, 2.75) is 6.42 Å². The van der Waals surface area contributed by atoms with Crippen LogP contribution in [0.15, 0.2) is 12.1 Å². The van der Waals surface area contributed by atoms with E-state index in [1.807, 2.05) is 12.1 Å². The average Bonchev–Trinajstić information content (AvgIpc) is 2.20. The lowest BCUT2D eigenvalue weighted by molar-refractivity contribution is 0.405. The molecular weight excluding hydrogens is 180 g/mol. The second kappa shape index (κ2) is 4.15. The molecule has 0 fully saturated rings. The van der Waals surface area contributed by atoms with Crippen molar-refractivity contribution in [3.8, 4) is 23.6 Å². The SMILES string of the molecule is COc1cc(O)c(CC#N)cc1C#N. The Hall–Kier alpha value is -2.20. The van der Waals surface area contributed by atoms with Crippen LogP contribution in [0, 0.1) is 22.7 Å². The van der Waals surface area contributed by atoms with Gasteiger partial charge in [-0.1, -0.05) is 0 Å². The highest BCUT2D eigenvalue weighted by atomic mass is 16.5. The Morgan fingerprint density at radius 3 is 2.64 bits per heavy atom. The Bertz CT molecular complexity index is 427. The number of aromatic hydroxyl groups is 1. The summed E-state index contributed by atoms with van der Waals surface area (Å²) in [6.45, 7) is 0. The molecule has 0 spiro atoms. The van der Waals surface area contributed by atoms with Gasteiger partial charge in [-0.3, -0.25) is 0 Å². The molecule has 1 N–H and O–H groups in total. The highest BCUT2D eigenvalue weighted by Gasteiger charge is 2.08. The molecule has 0 radical (unpaired) electrons. The van der Waals surface area contributed by atoms with Crippen molar-refractivity contribution >= 4 is 0 Å². The van der Waals surface area contributed by atoms with Gasteiger partial charge in [0.2, 0.25) is 0 Å². The molecule has 70 valence electrons. The zero-order chi connectivity index (χ0) is 10.6. The summed E-state index contributed by atoms with van der Waals surface area (Å²) in [5.41, 5.74) is 0.750. The van der Waals surface area contributed by atoms with Gasteiger partial charge in [0.25, 0.3) is 0 Å². The molecule has 0 unspecified atom stereocenters. The first kappa shape index (κ1) is 9.88. The topological polar surface area (TPSA) is 77.0 Å². The number of rotatable bonds is 2. The fraction of sp³-hybridized carbons (Fsp3) is 0.200. The van der Waals surface area contributed by atoms with Gasteiger partial charge in [0.1, 0.15) is 17.6 Å². The lowest BCUT2D eigenvalue weighted by Gasteiger charge is -2.05. The number of benzene rings is 1. The van der Waals surface area contributed by atoms with E-state index in [4.69, 9.17) is 15.3 Å². The van der Waals surface area contributed by atoms with E-state index >= 15 is 0 Å². The summed E-state index contributed by atoms with van der Waals surface area (Å²) in [5.74, 6) is 0.286. The molecule has 0 aromatic heterocycles. The average molecular weight is 188 g/mol. The number of hydrogen-bond acceptors (Lipinski definition) is 4. The molecule has 1 aromatic rings. The third-order valence-corrected chi connectivity index (χ3v) is 1.79. The van der Waals surface area contributed by atoms with Crippen molar-refractivity contribution in [1.29, 1.82) is 10.5 Å². The lowest BCUT2D eigenvalue weighted by Crippen LogP contribution is -1.91. The number of hydrogen-bond donors (Lipinski definition) is 1. The van der Waals surface area contributed by atoms with Crippen LogP contribution >= 0.6 is 0 Å². The molecule has 4 nitrogen and oxygen atoms in total. The first-order chi connectivity index (χ1) is 6.72. The minimum Gasteiger partial charge on any atom is -0.507 e. The number of phenols is 1. The van der Waals surface area contributed by atoms with Crippen molar-refractivity contribution in [3.05, 3.63) is 23.3 Å². The Balaban J connectivity index is 3.26. The third-order valence-electron chi connectivity index (χ3n) is 1.79. The summed E-state index contributed by atoms with van der Waals surface area (Å²) >= 11 is 0. The van der Waals surface area contributed by atoms with E-state index < -0.39 is 0 Å². The summed E-state index contributed by atoms with van der Waals surface area (Å²) in [4.78, 5) is 0. The van der Waals surface area contributed by atoms with E-state index in [0.717, 1.165) is 0 Å². The van der Waals surface area contributed by atoms with Gasteiger partial charge in [0, 0.05) is 11.6 Å². The fourth-order valence-electron chi connectivity index (χ4n) is 1.10. The van der Waals surface area contributed by atoms with Gasteiger partial charge < -0.3 is 9.84 Å². The third kappa shape index (κ3) is 1.75. The maximum Gasteiger partial charge on any atom is 0.140 e. The minimum atomic E-state index is -0.0256. The van der Waals surface area contributed by atoms with Crippen LogP contribution in [0.3, 0.4) is 0 Å². The summed E-state index contributed by atoms with van der Waals surface area (Å²) in [5, 5.41) is 26.6. The molecule has 0 amide bonds. The summed E-state index contributed by atoms with van der Waals surface area (Å²) in [7, 11) is 1.42. The number of phenolic OH excluding ortho intramolecular Hbond substituents is 1. The molecule has 0 atom stereocenters. The Labute approximate surface area is 81.6 Å². The van der Waals surface area contributed by atoms with Gasteiger partial charge in [-0.25, -0.2) is 0 Å². The maximum absolute atomic E-state index is 9.43. The highest BCUT2D eigenvalue weighted by molar-refractivity contribution is 5.51. The second-order valence-electron chi connectivity index (χ2n) is 2.63. The van der Waals surface area contributed by atoms with E-state index in [1.165, 1.54) is 19.2 Å². The molecule has 0 saturated carbocycles. The quantitative estimate of drug-likeness (QED) is 0.759. The maximum atomic E-state index is 9.43. The standard InChI is InChI=1S/C10H8N2O2/c1-14-10-5-9(13)7(2-3-11)4-8(10)6-12/h4-5,13H,2H2,1H3. The molecule has 1 aromatic carbocycles. The van der Waals surface area contributed by atoms with Crippen LogP contribution in [0.4, 0.5) is 0 Å². The van der Waals surface area contributed by atoms with Gasteiger partial charge in [0.15, 0.2) is 0 Å². The molecule has 0 heterocycles. The van der Waals surface area contributed by atoms with E-state index in [2.05, 4.69) is 0 Å². The van der Waals surface area contributed by atoms with Crippen LogP contribution in [0.25, 0.3) is 0 Å². The number of ether oxygens (including phenoxy) is 1. The number of nitriles is 2. The van der Waals surface area contributed by atoms with Crippen LogP contribution < -0.4 is 4.74 Å². The van der Waals surface area contributed by atoms with E-state index in [9.17, 15) is 5.11 Å². The molecule has 0 aliphatic heterocycles. The fourth-order valence-corrected chi connectivity index (χ4v) is 1.10. The predicted octanol–water partition coefficient (Wildman–Crippen LogP) is 1.34. The van der Waals surface area contributed by atoms with Crippen molar-refractivity contribution < 1.29 is 9.84 Å². The predicted molar refractivity (Wildman–Crippen MR) is 48.7 cm³/mol. The molecule has 1 rings (SSSR count). The van der Waals surface area contributed by atoms with Gasteiger partial charge in [-0.15, -0.1) is 0 Å². The zero-order valence-electron chi connectivity index (χ0n) is 7.61. The van der Waals surface area contributed by atoms with Crippen LogP contribution in [0.5, 0.6) is 11.5 Å². The molecule has 0 saturated heterocycles. The van der Waals surface area contributed by atoms with E-state index in [0.29, 0.717) is 16.9 Å². The monoisotopic (exact) mass is 188 g/mol. The molecular formula is C10H8N2O2. The van der Waals surface area contributed by atoms with Gasteiger partial charge in [-0.05, 0) is 6.07 Å². The zero-order valence-corrected chi connectivity index (χ0v) is 7.61. The minimum absolute atomic E-state index is 0.0256. The summed E-state index contributed by atoms with van der Waals surface area (Å²) < 4.78 is 4.88. The molecule has 0 aliphatic rings. The number of methoxy groups -OCH3 is 1. The molecule has 0 aliphatic carbocycles. The largest absolute Gasteiger partial charge is 0.507 e. The second-order valence-corrected chi connectivity index (χ2v) is 2.63. The Morgan fingerprint density at radius 1 is 1.43 bits per heavy atom. The first-order valence-corrected chi connectivity index (χ1v) is 3.90. The van der Waals surface area contributed by atoms with Crippen molar-refractivity contribution in [2.24, 2.45) is 0 Å². The van der Waals surface area contributed by atoms with Gasteiger partial charge in [0.05, 0.1) is 25.2 Å². The number of nitrogens with zero attached hydrogens (tertiary/aromatic N) is 2. The van der Waals surface area contributed by atoms with Gasteiger partial charge in [-0.2, -0.15) is 10.5 Å². The van der Waals surface area contributed by atoms with Crippen LogP contribution in [0.2, 0.25) is 0 Å². The van der Waals surface area contributed by atoms with Crippen LogP contribution in [-0.4, -0.2) is 12.2 Å². The van der Waals surface area contributed by atoms with Crippen molar-refractivity contribution in [2.75, 3.05) is 7.11 Å². The van der Waals surface area contributed by atoms with E-state index in [-0.39, 0.29) is 12.2 Å². The first-order valence-electron chi connectivity index (χ1n) is 3.90. The van der Waals surface area contributed by atoms with Crippen LogP contribution in [-0.2, 0) is 6.42 Å². The van der Waals surface area contributed by atoms with Crippen molar-refractivity contribution in [3.63, 3.8) is 0 Å². The van der Waals surface area contributed by atoms with Crippen molar-refractivity contribution in [1.82, 2.24) is 0 Å². The van der Waals surface area contributed by atoms with Crippen LogP contribution in [0.1, 0.15) is 11.1 Å². The Kier molecular flexibility index (Phi) is 2.93. The van der Waals surface area contributed by atoms with E-state index in [1.54, 1.807) is 0 Å².